The Kier molecular flexibility index (Phi) is 5.52. The lowest BCUT2D eigenvalue weighted by atomic mass is 10.00. The molecular weight excluding hydrogens is 322 g/mol. The summed E-state index contributed by atoms with van der Waals surface area (Å²) in [6.07, 6.45) is 2.73. The average molecular weight is 345 g/mol. The summed E-state index contributed by atoms with van der Waals surface area (Å²) in [5.74, 6) is 0.0420. The Hall–Kier alpha value is -1.86. The smallest absolute Gasteiger partial charge is 0.233 e. The van der Waals surface area contributed by atoms with Crippen molar-refractivity contribution in [2.75, 3.05) is 19.6 Å². The first kappa shape index (κ1) is 17.0. The molecule has 0 bridgehead atoms. The molecule has 1 amide bonds. The first-order valence-corrected chi connectivity index (χ1v) is 9.09. The summed E-state index contributed by atoms with van der Waals surface area (Å²) in [5.41, 5.74) is 2.85. The molecule has 0 saturated carbocycles. The molecule has 128 valence electrons. The number of fused-ring (bicyclic) bond motifs is 1. The van der Waals surface area contributed by atoms with Crippen LogP contribution in [0.25, 0.3) is 0 Å². The van der Waals surface area contributed by atoms with Gasteiger partial charge >= 0.3 is 0 Å². The molecule has 0 saturated heterocycles. The number of hydrogen-bond acceptors (Lipinski definition) is 5. The predicted octanol–water partition coefficient (Wildman–Crippen LogP) is 1.47. The van der Waals surface area contributed by atoms with E-state index in [4.69, 9.17) is 0 Å². The molecule has 1 aliphatic heterocycles. The summed E-state index contributed by atoms with van der Waals surface area (Å²) in [6, 6.07) is 8.60. The maximum absolute atomic E-state index is 12.2. The van der Waals surface area contributed by atoms with Crippen molar-refractivity contribution in [1.29, 1.82) is 0 Å². The van der Waals surface area contributed by atoms with E-state index in [1.807, 2.05) is 18.5 Å². The lowest BCUT2D eigenvalue weighted by Crippen LogP contribution is -2.39. The molecule has 0 spiro atoms. The van der Waals surface area contributed by atoms with Gasteiger partial charge in [0, 0.05) is 33.2 Å². The van der Waals surface area contributed by atoms with Crippen LogP contribution in [0.15, 0.2) is 35.7 Å². The topological polar surface area (TPSA) is 63.1 Å². The summed E-state index contributed by atoms with van der Waals surface area (Å²) in [4.78, 5) is 14.6. The molecule has 24 heavy (non-hydrogen) atoms. The van der Waals surface area contributed by atoms with Gasteiger partial charge in [-0.1, -0.05) is 36.0 Å². The van der Waals surface area contributed by atoms with E-state index >= 15 is 0 Å². The van der Waals surface area contributed by atoms with Crippen molar-refractivity contribution in [3.05, 3.63) is 41.7 Å². The van der Waals surface area contributed by atoms with Crippen LogP contribution in [0.1, 0.15) is 18.1 Å². The minimum Gasteiger partial charge on any atom is -0.354 e. The van der Waals surface area contributed by atoms with Gasteiger partial charge in [0.2, 0.25) is 5.91 Å². The number of aryl methyl sites for hydroxylation is 1. The quantitative estimate of drug-likeness (QED) is 0.804. The molecule has 1 N–H and O–H groups in total. The SMILES string of the molecule is CC(Sc1nncn1C)C(=O)NCCN1CCc2ccccc2C1. The standard InChI is InChI=1S/C17H23N5OS/c1-13(24-17-20-19-12-21(17)2)16(23)18-8-10-22-9-7-14-5-3-4-6-15(14)11-22/h3-6,12-13H,7-11H2,1-2H3,(H,18,23). The van der Waals surface area contributed by atoms with Crippen molar-refractivity contribution in [2.45, 2.75) is 30.3 Å². The summed E-state index contributed by atoms with van der Waals surface area (Å²) in [5, 5.41) is 11.4. The van der Waals surface area contributed by atoms with Gasteiger partial charge < -0.3 is 9.88 Å². The summed E-state index contributed by atoms with van der Waals surface area (Å²) in [6.45, 7) is 5.46. The molecule has 1 aromatic heterocycles. The number of amides is 1. The Balaban J connectivity index is 1.42. The average Bonchev–Trinajstić information content (AvgIpc) is 2.99. The molecule has 0 aliphatic carbocycles. The lowest BCUT2D eigenvalue weighted by Gasteiger charge is -2.28. The zero-order chi connectivity index (χ0) is 16.9. The second-order valence-electron chi connectivity index (χ2n) is 6.07. The molecule has 0 fully saturated rings. The fraction of sp³-hybridized carbons (Fsp3) is 0.471. The number of nitrogens with one attached hydrogen (secondary N) is 1. The van der Waals surface area contributed by atoms with Gasteiger partial charge in [0.25, 0.3) is 0 Å². The van der Waals surface area contributed by atoms with E-state index in [9.17, 15) is 4.79 Å². The number of nitrogens with zero attached hydrogens (tertiary/aromatic N) is 4. The Morgan fingerprint density at radius 1 is 1.38 bits per heavy atom. The maximum atomic E-state index is 12.2. The van der Waals surface area contributed by atoms with Crippen LogP contribution in [0, 0.1) is 0 Å². The summed E-state index contributed by atoms with van der Waals surface area (Å²) >= 11 is 1.43. The third-order valence-corrected chi connectivity index (χ3v) is 5.41. The first-order chi connectivity index (χ1) is 11.6. The zero-order valence-corrected chi connectivity index (χ0v) is 14.9. The van der Waals surface area contributed by atoms with Crippen molar-refractivity contribution in [3.63, 3.8) is 0 Å². The highest BCUT2D eigenvalue weighted by molar-refractivity contribution is 8.00. The fourth-order valence-electron chi connectivity index (χ4n) is 2.82. The van der Waals surface area contributed by atoms with Gasteiger partial charge in [0.05, 0.1) is 5.25 Å². The highest BCUT2D eigenvalue weighted by Gasteiger charge is 2.18. The van der Waals surface area contributed by atoms with E-state index in [0.29, 0.717) is 6.54 Å². The normalized spacial score (nSPS) is 15.8. The molecule has 2 heterocycles. The van der Waals surface area contributed by atoms with Gasteiger partial charge in [-0.2, -0.15) is 0 Å². The van der Waals surface area contributed by atoms with Crippen molar-refractivity contribution in [3.8, 4) is 0 Å². The Morgan fingerprint density at radius 3 is 2.92 bits per heavy atom. The van der Waals surface area contributed by atoms with Gasteiger partial charge in [-0.25, -0.2) is 0 Å². The van der Waals surface area contributed by atoms with E-state index < -0.39 is 0 Å². The van der Waals surface area contributed by atoms with Crippen molar-refractivity contribution in [2.24, 2.45) is 7.05 Å². The molecule has 0 radical (unpaired) electrons. The number of aromatic nitrogens is 3. The predicted molar refractivity (Wildman–Crippen MR) is 94.8 cm³/mol. The maximum Gasteiger partial charge on any atom is 0.233 e. The van der Waals surface area contributed by atoms with Crippen molar-refractivity contribution >= 4 is 17.7 Å². The molecule has 1 unspecified atom stereocenters. The van der Waals surface area contributed by atoms with Crippen LogP contribution in [0.3, 0.4) is 0 Å². The van der Waals surface area contributed by atoms with E-state index in [1.54, 1.807) is 6.33 Å². The van der Waals surface area contributed by atoms with Crippen LogP contribution in [0.4, 0.5) is 0 Å². The molecule has 1 atom stereocenters. The molecular formula is C17H23N5OS. The summed E-state index contributed by atoms with van der Waals surface area (Å²) < 4.78 is 1.82. The van der Waals surface area contributed by atoms with Crippen molar-refractivity contribution < 1.29 is 4.79 Å². The third-order valence-electron chi connectivity index (χ3n) is 4.26. The first-order valence-electron chi connectivity index (χ1n) is 8.21. The van der Waals surface area contributed by atoms with Crippen LogP contribution in [-0.2, 0) is 24.8 Å². The molecule has 6 nitrogen and oxygen atoms in total. The van der Waals surface area contributed by atoms with Crippen LogP contribution < -0.4 is 5.32 Å². The highest BCUT2D eigenvalue weighted by Crippen LogP contribution is 2.20. The Bertz CT molecular complexity index is 702. The lowest BCUT2D eigenvalue weighted by molar-refractivity contribution is -0.120. The molecule has 3 rings (SSSR count). The van der Waals surface area contributed by atoms with E-state index in [2.05, 4.69) is 44.7 Å². The second-order valence-corrected chi connectivity index (χ2v) is 7.38. The van der Waals surface area contributed by atoms with E-state index in [1.165, 1.54) is 22.9 Å². The van der Waals surface area contributed by atoms with Crippen LogP contribution in [0.2, 0.25) is 0 Å². The molecule has 2 aromatic rings. The third kappa shape index (κ3) is 4.15. The largest absolute Gasteiger partial charge is 0.354 e. The zero-order valence-electron chi connectivity index (χ0n) is 14.1. The van der Waals surface area contributed by atoms with Crippen LogP contribution in [0.5, 0.6) is 0 Å². The van der Waals surface area contributed by atoms with E-state index in [-0.39, 0.29) is 11.2 Å². The fourth-order valence-corrected chi connectivity index (χ4v) is 3.63. The minimum absolute atomic E-state index is 0.0420. The van der Waals surface area contributed by atoms with Crippen LogP contribution >= 0.6 is 11.8 Å². The molecule has 1 aliphatic rings. The van der Waals surface area contributed by atoms with E-state index in [0.717, 1.165) is 31.2 Å². The monoisotopic (exact) mass is 345 g/mol. The number of benzene rings is 1. The number of carbonyl (C=O) groups excluding carboxylic acids is 1. The summed E-state index contributed by atoms with van der Waals surface area (Å²) in [7, 11) is 1.88. The Morgan fingerprint density at radius 2 is 2.17 bits per heavy atom. The number of hydrogen-bond donors (Lipinski definition) is 1. The number of carbonyl (C=O) groups is 1. The Labute approximate surface area is 146 Å². The second kappa shape index (κ2) is 7.81. The van der Waals surface area contributed by atoms with Crippen LogP contribution in [-0.4, -0.2) is 50.5 Å². The molecule has 1 aromatic carbocycles. The van der Waals surface area contributed by atoms with Gasteiger partial charge in [-0.3, -0.25) is 9.69 Å². The van der Waals surface area contributed by atoms with Gasteiger partial charge in [-0.15, -0.1) is 10.2 Å². The van der Waals surface area contributed by atoms with Gasteiger partial charge in [0.1, 0.15) is 6.33 Å². The van der Waals surface area contributed by atoms with Crippen molar-refractivity contribution in [1.82, 2.24) is 25.0 Å². The minimum atomic E-state index is -0.185. The highest BCUT2D eigenvalue weighted by atomic mass is 32.2. The van der Waals surface area contributed by atoms with Gasteiger partial charge in [-0.05, 0) is 24.5 Å². The number of rotatable bonds is 6. The van der Waals surface area contributed by atoms with Gasteiger partial charge in [0.15, 0.2) is 5.16 Å². The molecule has 7 heteroatoms. The number of thioether (sulfide) groups is 1.